The van der Waals surface area contributed by atoms with Gasteiger partial charge in [0.1, 0.15) is 5.82 Å². The van der Waals surface area contributed by atoms with Crippen LogP contribution in [0.25, 0.3) is 0 Å². The number of nitrogens with zero attached hydrogens (tertiary/aromatic N) is 1. The Balaban J connectivity index is 1.54. The maximum Gasteiger partial charge on any atom is 0.247 e. The van der Waals surface area contributed by atoms with Crippen molar-refractivity contribution in [2.24, 2.45) is 0 Å². The summed E-state index contributed by atoms with van der Waals surface area (Å²) in [6.07, 6.45) is 4.07. The molecule has 1 fully saturated rings. The van der Waals surface area contributed by atoms with Gasteiger partial charge in [0, 0.05) is 31.1 Å². The van der Waals surface area contributed by atoms with Crippen molar-refractivity contribution >= 4 is 17.5 Å². The summed E-state index contributed by atoms with van der Waals surface area (Å²) in [5, 5.41) is 2.70. The van der Waals surface area contributed by atoms with Gasteiger partial charge < -0.3 is 10.2 Å². The minimum atomic E-state index is -0.252. The molecule has 0 spiro atoms. The molecular weight excluding hydrogens is 355 g/mol. The standard InChI is InChI=1S/C23H25FN2O2/c1-2-22(27)25-19-12-9-17(10-13-19)11-14-23(28)26-15-5-6-18(16-26)20-7-3-4-8-21(20)24/h2-4,7-10,12-13,18H,1,5-6,11,14-16H2,(H,25,27). The molecule has 28 heavy (non-hydrogen) atoms. The van der Waals surface area contributed by atoms with E-state index in [1.165, 1.54) is 12.1 Å². The molecule has 146 valence electrons. The first-order valence-electron chi connectivity index (χ1n) is 9.61. The van der Waals surface area contributed by atoms with Crippen LogP contribution in [0.15, 0.2) is 61.2 Å². The fourth-order valence-corrected chi connectivity index (χ4v) is 3.62. The van der Waals surface area contributed by atoms with Gasteiger partial charge in [0.05, 0.1) is 0 Å². The maximum atomic E-state index is 14.1. The van der Waals surface area contributed by atoms with Gasteiger partial charge in [0.2, 0.25) is 11.8 Å². The second-order valence-corrected chi connectivity index (χ2v) is 7.09. The Morgan fingerprint density at radius 3 is 2.64 bits per heavy atom. The Kier molecular flexibility index (Phi) is 6.58. The van der Waals surface area contributed by atoms with Gasteiger partial charge in [-0.15, -0.1) is 0 Å². The number of rotatable bonds is 6. The second kappa shape index (κ2) is 9.31. The number of nitrogens with one attached hydrogen (secondary N) is 1. The lowest BCUT2D eigenvalue weighted by molar-refractivity contribution is -0.132. The van der Waals surface area contributed by atoms with E-state index < -0.39 is 0 Å². The number of amides is 2. The minimum Gasteiger partial charge on any atom is -0.342 e. The van der Waals surface area contributed by atoms with Gasteiger partial charge in [0.25, 0.3) is 0 Å². The molecule has 0 aliphatic carbocycles. The topological polar surface area (TPSA) is 49.4 Å². The van der Waals surface area contributed by atoms with Crippen LogP contribution in [0.4, 0.5) is 10.1 Å². The number of piperidine rings is 1. The van der Waals surface area contributed by atoms with Gasteiger partial charge in [-0.3, -0.25) is 9.59 Å². The molecule has 0 aromatic heterocycles. The number of likely N-dealkylation sites (tertiary alicyclic amines) is 1. The molecule has 1 aliphatic rings. The van der Waals surface area contributed by atoms with Crippen LogP contribution in [-0.4, -0.2) is 29.8 Å². The highest BCUT2D eigenvalue weighted by atomic mass is 19.1. The Morgan fingerprint density at radius 2 is 1.93 bits per heavy atom. The third-order valence-corrected chi connectivity index (χ3v) is 5.15. The molecule has 3 rings (SSSR count). The molecule has 0 bridgehead atoms. The smallest absolute Gasteiger partial charge is 0.247 e. The Bertz CT molecular complexity index is 848. The van der Waals surface area contributed by atoms with Crippen molar-refractivity contribution in [3.63, 3.8) is 0 Å². The van der Waals surface area contributed by atoms with E-state index in [1.54, 1.807) is 6.07 Å². The normalized spacial score (nSPS) is 16.5. The lowest BCUT2D eigenvalue weighted by atomic mass is 9.90. The molecule has 1 saturated heterocycles. The van der Waals surface area contributed by atoms with Gasteiger partial charge in [-0.1, -0.05) is 36.9 Å². The number of benzene rings is 2. The number of halogens is 1. The predicted molar refractivity (Wildman–Crippen MR) is 109 cm³/mol. The van der Waals surface area contributed by atoms with Crippen molar-refractivity contribution in [3.8, 4) is 0 Å². The summed E-state index contributed by atoms with van der Waals surface area (Å²) in [5.41, 5.74) is 2.44. The Hall–Kier alpha value is -2.95. The van der Waals surface area contributed by atoms with E-state index in [9.17, 15) is 14.0 Å². The zero-order chi connectivity index (χ0) is 19.9. The van der Waals surface area contributed by atoms with Gasteiger partial charge in [-0.05, 0) is 54.7 Å². The van der Waals surface area contributed by atoms with E-state index in [2.05, 4.69) is 11.9 Å². The summed E-state index contributed by atoms with van der Waals surface area (Å²) in [4.78, 5) is 25.8. The average molecular weight is 380 g/mol. The zero-order valence-electron chi connectivity index (χ0n) is 15.9. The van der Waals surface area contributed by atoms with E-state index in [4.69, 9.17) is 0 Å². The van der Waals surface area contributed by atoms with Crippen molar-refractivity contribution in [1.29, 1.82) is 0 Å². The Morgan fingerprint density at radius 1 is 1.18 bits per heavy atom. The van der Waals surface area contributed by atoms with E-state index in [0.29, 0.717) is 30.6 Å². The van der Waals surface area contributed by atoms with Crippen LogP contribution in [0, 0.1) is 5.82 Å². The Labute approximate surface area is 165 Å². The lowest BCUT2D eigenvalue weighted by Crippen LogP contribution is -2.39. The first kappa shape index (κ1) is 19.8. The van der Waals surface area contributed by atoms with Crippen LogP contribution < -0.4 is 5.32 Å². The fourth-order valence-electron chi connectivity index (χ4n) is 3.62. The van der Waals surface area contributed by atoms with Crippen molar-refractivity contribution in [2.75, 3.05) is 18.4 Å². The van der Waals surface area contributed by atoms with Crippen LogP contribution in [0.1, 0.15) is 36.3 Å². The van der Waals surface area contributed by atoms with Crippen molar-refractivity contribution in [1.82, 2.24) is 4.90 Å². The summed E-state index contributed by atoms with van der Waals surface area (Å²) in [5.74, 6) is -0.278. The molecule has 0 radical (unpaired) electrons. The van der Waals surface area contributed by atoms with E-state index >= 15 is 0 Å². The third kappa shape index (κ3) is 5.06. The third-order valence-electron chi connectivity index (χ3n) is 5.15. The van der Waals surface area contributed by atoms with Crippen LogP contribution in [-0.2, 0) is 16.0 Å². The van der Waals surface area contributed by atoms with Crippen LogP contribution in [0.5, 0.6) is 0 Å². The highest BCUT2D eigenvalue weighted by Crippen LogP contribution is 2.29. The van der Waals surface area contributed by atoms with E-state index in [0.717, 1.165) is 24.9 Å². The van der Waals surface area contributed by atoms with Crippen LogP contribution >= 0.6 is 0 Å². The second-order valence-electron chi connectivity index (χ2n) is 7.09. The number of hydrogen-bond donors (Lipinski definition) is 1. The molecule has 0 saturated carbocycles. The first-order chi connectivity index (χ1) is 13.6. The van der Waals surface area contributed by atoms with Gasteiger partial charge >= 0.3 is 0 Å². The zero-order valence-corrected chi connectivity index (χ0v) is 15.9. The van der Waals surface area contributed by atoms with Crippen LogP contribution in [0.3, 0.4) is 0 Å². The summed E-state index contributed by atoms with van der Waals surface area (Å²) in [6.45, 7) is 4.73. The van der Waals surface area contributed by atoms with E-state index in [1.807, 2.05) is 41.3 Å². The lowest BCUT2D eigenvalue weighted by Gasteiger charge is -2.33. The molecule has 1 aliphatic heterocycles. The SMILES string of the molecule is C=CC(=O)Nc1ccc(CCC(=O)N2CCCC(c3ccccc3F)C2)cc1. The van der Waals surface area contributed by atoms with Gasteiger partial charge in [-0.2, -0.15) is 0 Å². The number of hydrogen-bond acceptors (Lipinski definition) is 2. The average Bonchev–Trinajstić information content (AvgIpc) is 2.73. The first-order valence-corrected chi connectivity index (χ1v) is 9.61. The quantitative estimate of drug-likeness (QED) is 0.760. The monoisotopic (exact) mass is 380 g/mol. The molecule has 1 atom stereocenters. The molecule has 2 aromatic rings. The summed E-state index contributed by atoms with van der Waals surface area (Å²) >= 11 is 0. The summed E-state index contributed by atoms with van der Waals surface area (Å²) in [6, 6.07) is 14.3. The summed E-state index contributed by atoms with van der Waals surface area (Å²) < 4.78 is 14.1. The van der Waals surface area contributed by atoms with Gasteiger partial charge in [0.15, 0.2) is 0 Å². The number of anilines is 1. The molecule has 4 nitrogen and oxygen atoms in total. The predicted octanol–water partition coefficient (Wildman–Crippen LogP) is 4.29. The largest absolute Gasteiger partial charge is 0.342 e. The molecule has 1 unspecified atom stereocenters. The molecular formula is C23H25FN2O2. The highest BCUT2D eigenvalue weighted by molar-refractivity contribution is 5.98. The fraction of sp³-hybridized carbons (Fsp3) is 0.304. The molecule has 5 heteroatoms. The molecule has 2 aromatic carbocycles. The minimum absolute atomic E-state index is 0.0617. The summed E-state index contributed by atoms with van der Waals surface area (Å²) in [7, 11) is 0. The number of aryl methyl sites for hydroxylation is 1. The van der Waals surface area contributed by atoms with Crippen LogP contribution in [0.2, 0.25) is 0 Å². The number of carbonyl (C=O) groups excluding carboxylic acids is 2. The highest BCUT2D eigenvalue weighted by Gasteiger charge is 2.26. The van der Waals surface area contributed by atoms with Gasteiger partial charge in [-0.25, -0.2) is 4.39 Å². The molecule has 1 N–H and O–H groups in total. The molecule has 1 heterocycles. The van der Waals surface area contributed by atoms with E-state index in [-0.39, 0.29) is 23.5 Å². The van der Waals surface area contributed by atoms with Crippen molar-refractivity contribution < 1.29 is 14.0 Å². The maximum absolute atomic E-state index is 14.1. The number of carbonyl (C=O) groups is 2. The molecule has 2 amide bonds. The van der Waals surface area contributed by atoms with Crippen molar-refractivity contribution in [3.05, 3.63) is 78.1 Å². The van der Waals surface area contributed by atoms with Crippen molar-refractivity contribution in [2.45, 2.75) is 31.6 Å².